The van der Waals surface area contributed by atoms with Crippen molar-refractivity contribution < 1.29 is 19.0 Å². The van der Waals surface area contributed by atoms with Crippen molar-refractivity contribution in [2.24, 2.45) is 0 Å². The first-order chi connectivity index (χ1) is 12.2. The number of ether oxygens (including phenoxy) is 3. The lowest BCUT2D eigenvalue weighted by atomic mass is 10.2. The van der Waals surface area contributed by atoms with Crippen LogP contribution in [0.3, 0.4) is 0 Å². The van der Waals surface area contributed by atoms with Crippen molar-refractivity contribution in [3.8, 4) is 23.3 Å². The van der Waals surface area contributed by atoms with Gasteiger partial charge in [0.1, 0.15) is 11.5 Å². The molecule has 0 aliphatic carbocycles. The molecule has 2 rings (SSSR count). The molecule has 0 bridgehead atoms. The molecule has 0 amide bonds. The number of methoxy groups -OCH3 is 1. The first-order valence-corrected chi connectivity index (χ1v) is 7.89. The second kappa shape index (κ2) is 9.84. The quantitative estimate of drug-likeness (QED) is 0.335. The third-order valence-corrected chi connectivity index (χ3v) is 3.26. The van der Waals surface area contributed by atoms with Gasteiger partial charge in [-0.3, -0.25) is 0 Å². The normalized spacial score (nSPS) is 9.48. The maximum atomic E-state index is 10.9. The van der Waals surface area contributed by atoms with Crippen LogP contribution in [0.2, 0.25) is 0 Å². The van der Waals surface area contributed by atoms with Crippen molar-refractivity contribution in [2.75, 3.05) is 20.3 Å². The number of benzene rings is 2. The lowest BCUT2D eigenvalue weighted by Crippen LogP contribution is -2.06. The number of carbonyl (C=O) groups is 1. The van der Waals surface area contributed by atoms with Crippen LogP contribution in [-0.2, 0) is 9.53 Å². The fourth-order valence-corrected chi connectivity index (χ4v) is 1.93. The second-order valence-corrected chi connectivity index (χ2v) is 5.08. The predicted octanol–water partition coefficient (Wildman–Crippen LogP) is 3.59. The number of esters is 1. The Hall–Kier alpha value is -3.19. The Morgan fingerprint density at radius 3 is 2.04 bits per heavy atom. The summed E-state index contributed by atoms with van der Waals surface area (Å²) in [4.78, 5) is 10.9. The van der Waals surface area contributed by atoms with Crippen molar-refractivity contribution in [3.05, 3.63) is 72.3 Å². The fourth-order valence-electron chi connectivity index (χ4n) is 1.93. The van der Waals surface area contributed by atoms with Gasteiger partial charge in [0, 0.05) is 23.6 Å². The molecule has 0 aromatic heterocycles. The molecule has 0 saturated carbocycles. The van der Waals surface area contributed by atoms with Gasteiger partial charge < -0.3 is 14.2 Å². The zero-order valence-corrected chi connectivity index (χ0v) is 14.2. The number of rotatable bonds is 7. The van der Waals surface area contributed by atoms with Gasteiger partial charge in [-0.25, -0.2) is 4.79 Å². The zero-order chi connectivity index (χ0) is 17.9. The van der Waals surface area contributed by atoms with Gasteiger partial charge in [-0.05, 0) is 48.5 Å². The van der Waals surface area contributed by atoms with Crippen LogP contribution in [-0.4, -0.2) is 26.3 Å². The van der Waals surface area contributed by atoms with Gasteiger partial charge in [-0.2, -0.15) is 0 Å². The SMILES string of the molecule is C=CC(=O)OCCCOc1ccc(C#Cc2ccc(OC)cc2)cc1. The highest BCUT2D eigenvalue weighted by Gasteiger charge is 1.97. The lowest BCUT2D eigenvalue weighted by Gasteiger charge is -2.06. The van der Waals surface area contributed by atoms with Crippen LogP contribution in [0.15, 0.2) is 61.2 Å². The van der Waals surface area contributed by atoms with Gasteiger partial charge in [0.05, 0.1) is 20.3 Å². The summed E-state index contributed by atoms with van der Waals surface area (Å²) in [5, 5.41) is 0. The Morgan fingerprint density at radius 1 is 0.960 bits per heavy atom. The average molecular weight is 336 g/mol. The Balaban J connectivity index is 1.80. The lowest BCUT2D eigenvalue weighted by molar-refractivity contribution is -0.137. The van der Waals surface area contributed by atoms with Crippen LogP contribution in [0.4, 0.5) is 0 Å². The van der Waals surface area contributed by atoms with Crippen molar-refractivity contribution in [1.82, 2.24) is 0 Å². The molecule has 128 valence electrons. The van der Waals surface area contributed by atoms with Crippen molar-refractivity contribution in [2.45, 2.75) is 6.42 Å². The van der Waals surface area contributed by atoms with E-state index in [4.69, 9.17) is 14.2 Å². The summed E-state index contributed by atoms with van der Waals surface area (Å²) >= 11 is 0. The molecule has 0 radical (unpaired) electrons. The third kappa shape index (κ3) is 6.44. The summed E-state index contributed by atoms with van der Waals surface area (Å²) in [6.07, 6.45) is 1.77. The zero-order valence-electron chi connectivity index (χ0n) is 14.2. The molecular weight excluding hydrogens is 316 g/mol. The summed E-state index contributed by atoms with van der Waals surface area (Å²) in [5.74, 6) is 7.36. The molecule has 0 unspecified atom stereocenters. The molecule has 0 saturated heterocycles. The molecule has 4 nitrogen and oxygen atoms in total. The Bertz CT molecular complexity index is 749. The Kier molecular flexibility index (Phi) is 7.14. The van der Waals surface area contributed by atoms with Gasteiger partial charge in [0.15, 0.2) is 0 Å². The number of hydrogen-bond donors (Lipinski definition) is 0. The molecular formula is C21H20O4. The van der Waals surface area contributed by atoms with Gasteiger partial charge >= 0.3 is 5.97 Å². The largest absolute Gasteiger partial charge is 0.497 e. The predicted molar refractivity (Wildman–Crippen MR) is 96.7 cm³/mol. The second-order valence-electron chi connectivity index (χ2n) is 5.08. The van der Waals surface area contributed by atoms with Crippen molar-refractivity contribution in [3.63, 3.8) is 0 Å². The van der Waals surface area contributed by atoms with Gasteiger partial charge in [-0.15, -0.1) is 0 Å². The molecule has 0 aliphatic rings. The van der Waals surface area contributed by atoms with E-state index in [9.17, 15) is 4.79 Å². The average Bonchev–Trinajstić information content (AvgIpc) is 2.67. The summed E-state index contributed by atoms with van der Waals surface area (Å²) in [7, 11) is 1.64. The summed E-state index contributed by atoms with van der Waals surface area (Å²) in [6.45, 7) is 4.12. The first-order valence-electron chi connectivity index (χ1n) is 7.89. The highest BCUT2D eigenvalue weighted by atomic mass is 16.5. The fraction of sp³-hybridized carbons (Fsp3) is 0.190. The van der Waals surface area contributed by atoms with Crippen LogP contribution < -0.4 is 9.47 Å². The molecule has 0 heterocycles. The number of hydrogen-bond acceptors (Lipinski definition) is 4. The maximum Gasteiger partial charge on any atom is 0.330 e. The molecule has 0 spiro atoms. The molecule has 2 aromatic carbocycles. The van der Waals surface area contributed by atoms with Crippen LogP contribution in [0.1, 0.15) is 17.5 Å². The van der Waals surface area contributed by atoms with E-state index in [0.29, 0.717) is 19.6 Å². The minimum atomic E-state index is -0.417. The molecule has 0 atom stereocenters. The summed E-state index contributed by atoms with van der Waals surface area (Å²) < 4.78 is 15.6. The van der Waals surface area contributed by atoms with Gasteiger partial charge in [-0.1, -0.05) is 18.4 Å². The molecule has 25 heavy (non-hydrogen) atoms. The molecule has 4 heteroatoms. The van der Waals surface area contributed by atoms with Crippen LogP contribution in [0, 0.1) is 11.8 Å². The van der Waals surface area contributed by atoms with Crippen LogP contribution >= 0.6 is 0 Å². The van der Waals surface area contributed by atoms with E-state index in [0.717, 1.165) is 28.7 Å². The summed E-state index contributed by atoms with van der Waals surface area (Å²) in [6, 6.07) is 15.2. The minimum Gasteiger partial charge on any atom is -0.497 e. The van der Waals surface area contributed by atoms with E-state index in [1.54, 1.807) is 7.11 Å². The van der Waals surface area contributed by atoms with Crippen molar-refractivity contribution >= 4 is 5.97 Å². The van der Waals surface area contributed by atoms with E-state index in [2.05, 4.69) is 18.4 Å². The van der Waals surface area contributed by atoms with Crippen LogP contribution in [0.5, 0.6) is 11.5 Å². The maximum absolute atomic E-state index is 10.9. The third-order valence-electron chi connectivity index (χ3n) is 3.26. The standard InChI is InChI=1S/C21H20O4/c1-3-21(22)25-16-4-15-24-20-13-9-18(10-14-20)6-5-17-7-11-19(23-2)12-8-17/h3,7-14H,1,4,15-16H2,2H3. The molecule has 2 aromatic rings. The Morgan fingerprint density at radius 2 is 1.52 bits per heavy atom. The first kappa shape index (κ1) is 18.2. The van der Waals surface area contributed by atoms with Crippen molar-refractivity contribution in [1.29, 1.82) is 0 Å². The van der Waals surface area contributed by atoms with E-state index in [1.165, 1.54) is 0 Å². The molecule has 0 N–H and O–H groups in total. The van der Waals surface area contributed by atoms with E-state index in [-0.39, 0.29) is 0 Å². The van der Waals surface area contributed by atoms with E-state index in [1.807, 2.05) is 48.5 Å². The minimum absolute atomic E-state index is 0.316. The molecule has 0 aliphatic heterocycles. The van der Waals surface area contributed by atoms with Gasteiger partial charge in [0.2, 0.25) is 0 Å². The monoisotopic (exact) mass is 336 g/mol. The highest BCUT2D eigenvalue weighted by molar-refractivity contribution is 5.81. The Labute approximate surface area is 148 Å². The van der Waals surface area contributed by atoms with Crippen LogP contribution in [0.25, 0.3) is 0 Å². The summed E-state index contributed by atoms with van der Waals surface area (Å²) in [5.41, 5.74) is 1.83. The van der Waals surface area contributed by atoms with Gasteiger partial charge in [0.25, 0.3) is 0 Å². The van der Waals surface area contributed by atoms with E-state index < -0.39 is 5.97 Å². The smallest absolute Gasteiger partial charge is 0.330 e. The highest BCUT2D eigenvalue weighted by Crippen LogP contribution is 2.13. The number of carbonyl (C=O) groups excluding carboxylic acids is 1. The topological polar surface area (TPSA) is 44.8 Å². The molecule has 0 fully saturated rings. The van der Waals surface area contributed by atoms with E-state index >= 15 is 0 Å².